The first-order chi connectivity index (χ1) is 10.1. The minimum atomic E-state index is 0.308. The molecule has 0 N–H and O–H groups in total. The minimum Gasteiger partial charge on any atom is -0.340 e. The zero-order valence-corrected chi connectivity index (χ0v) is 13.5. The molecule has 0 aromatic heterocycles. The minimum absolute atomic E-state index is 0.308. The van der Waals surface area contributed by atoms with Gasteiger partial charge in [-0.15, -0.1) is 0 Å². The third kappa shape index (κ3) is 3.53. The van der Waals surface area contributed by atoms with Crippen molar-refractivity contribution in [2.75, 3.05) is 26.2 Å². The van der Waals surface area contributed by atoms with Gasteiger partial charge in [0.15, 0.2) is 0 Å². The van der Waals surface area contributed by atoms with Crippen LogP contribution in [0.1, 0.15) is 24.8 Å². The van der Waals surface area contributed by atoms with E-state index in [0.29, 0.717) is 16.8 Å². The van der Waals surface area contributed by atoms with Crippen LogP contribution >= 0.6 is 23.2 Å². The number of piperazine rings is 1. The second-order valence-electron chi connectivity index (χ2n) is 5.96. The van der Waals surface area contributed by atoms with E-state index in [1.165, 1.54) is 6.42 Å². The summed E-state index contributed by atoms with van der Waals surface area (Å²) < 4.78 is 0. The second kappa shape index (κ2) is 6.55. The lowest BCUT2D eigenvalue weighted by Crippen LogP contribution is -2.50. The Kier molecular flexibility index (Phi) is 4.72. The van der Waals surface area contributed by atoms with E-state index in [-0.39, 0.29) is 0 Å². The Morgan fingerprint density at radius 2 is 1.86 bits per heavy atom. The largest absolute Gasteiger partial charge is 0.340 e. The molecule has 2 aliphatic rings. The van der Waals surface area contributed by atoms with Gasteiger partial charge < -0.3 is 4.90 Å². The average molecular weight is 327 g/mol. The van der Waals surface area contributed by atoms with Crippen molar-refractivity contribution >= 4 is 29.1 Å². The normalized spacial score (nSPS) is 20.4. The fourth-order valence-electron chi connectivity index (χ4n) is 2.93. The summed E-state index contributed by atoms with van der Waals surface area (Å²) in [7, 11) is 0. The molecule has 3 nitrogen and oxygen atoms in total. The van der Waals surface area contributed by atoms with E-state index >= 15 is 0 Å². The average Bonchev–Trinajstić information content (AvgIpc) is 2.41. The summed E-state index contributed by atoms with van der Waals surface area (Å²) in [4.78, 5) is 16.6. The fraction of sp³-hybridized carbons (Fsp3) is 0.562. The molecular weight excluding hydrogens is 307 g/mol. The topological polar surface area (TPSA) is 23.6 Å². The highest BCUT2D eigenvalue weighted by molar-refractivity contribution is 6.35. The van der Waals surface area contributed by atoms with E-state index < -0.39 is 0 Å². The van der Waals surface area contributed by atoms with Crippen LogP contribution in [0.2, 0.25) is 10.0 Å². The molecule has 2 fully saturated rings. The Bertz CT molecular complexity index is 523. The van der Waals surface area contributed by atoms with Gasteiger partial charge in [0.2, 0.25) is 5.91 Å². The van der Waals surface area contributed by atoms with E-state index in [9.17, 15) is 4.79 Å². The van der Waals surface area contributed by atoms with Crippen LogP contribution in [0.4, 0.5) is 0 Å². The summed E-state index contributed by atoms with van der Waals surface area (Å²) in [5.41, 5.74) is 1.10. The highest BCUT2D eigenvalue weighted by Crippen LogP contribution is 2.29. The third-order valence-corrected chi connectivity index (χ3v) is 5.13. The summed E-state index contributed by atoms with van der Waals surface area (Å²) in [6, 6.07) is 5.64. The van der Waals surface area contributed by atoms with Gasteiger partial charge in [-0.1, -0.05) is 35.7 Å². The molecule has 0 bridgehead atoms. The molecule has 5 heteroatoms. The summed E-state index contributed by atoms with van der Waals surface area (Å²) in [5.74, 6) is 0.674. The molecule has 1 aliphatic carbocycles. The first-order valence-corrected chi connectivity index (χ1v) is 8.34. The van der Waals surface area contributed by atoms with Crippen LogP contribution in [0.3, 0.4) is 0 Å². The number of hydrogen-bond donors (Lipinski definition) is 0. The Hall–Kier alpha value is -0.770. The fourth-order valence-corrected chi connectivity index (χ4v) is 3.40. The lowest BCUT2D eigenvalue weighted by Gasteiger charge is -2.38. The van der Waals surface area contributed by atoms with Crippen molar-refractivity contribution < 1.29 is 4.79 Å². The molecule has 0 unspecified atom stereocenters. The molecule has 1 saturated carbocycles. The zero-order valence-electron chi connectivity index (χ0n) is 12.0. The van der Waals surface area contributed by atoms with E-state index in [0.717, 1.165) is 56.2 Å². The van der Waals surface area contributed by atoms with Crippen molar-refractivity contribution in [2.45, 2.75) is 25.8 Å². The van der Waals surface area contributed by atoms with Crippen molar-refractivity contribution in [3.63, 3.8) is 0 Å². The first kappa shape index (κ1) is 15.1. The molecule has 0 radical (unpaired) electrons. The molecular formula is C16H20Cl2N2O. The number of carbonyl (C=O) groups excluding carboxylic acids is 1. The van der Waals surface area contributed by atoms with Crippen LogP contribution < -0.4 is 0 Å². The van der Waals surface area contributed by atoms with Crippen LogP contribution in [0.25, 0.3) is 0 Å². The number of nitrogens with zero attached hydrogens (tertiary/aromatic N) is 2. The van der Waals surface area contributed by atoms with Gasteiger partial charge in [-0.3, -0.25) is 9.69 Å². The quantitative estimate of drug-likeness (QED) is 0.849. The van der Waals surface area contributed by atoms with Crippen molar-refractivity contribution in [1.29, 1.82) is 0 Å². The van der Waals surface area contributed by atoms with E-state index in [1.54, 1.807) is 6.07 Å². The smallest absolute Gasteiger partial charge is 0.225 e. The number of hydrogen-bond acceptors (Lipinski definition) is 2. The number of rotatable bonds is 3. The Morgan fingerprint density at radius 1 is 1.14 bits per heavy atom. The Balaban J connectivity index is 1.52. The van der Waals surface area contributed by atoms with Crippen molar-refractivity contribution in [1.82, 2.24) is 9.80 Å². The molecule has 1 amide bonds. The lowest BCUT2D eigenvalue weighted by molar-refractivity contribution is -0.140. The van der Waals surface area contributed by atoms with Gasteiger partial charge in [0.05, 0.1) is 0 Å². The summed E-state index contributed by atoms with van der Waals surface area (Å²) in [6.07, 6.45) is 3.38. The summed E-state index contributed by atoms with van der Waals surface area (Å²) >= 11 is 12.1. The number of benzene rings is 1. The molecule has 1 aromatic carbocycles. The summed E-state index contributed by atoms with van der Waals surface area (Å²) in [5, 5.41) is 1.38. The SMILES string of the molecule is O=C(C1CCC1)N1CCN(Cc2ccc(Cl)cc2Cl)CC1. The predicted molar refractivity (Wildman–Crippen MR) is 85.7 cm³/mol. The van der Waals surface area contributed by atoms with E-state index in [2.05, 4.69) is 4.90 Å². The van der Waals surface area contributed by atoms with Gasteiger partial charge >= 0.3 is 0 Å². The molecule has 0 atom stereocenters. The van der Waals surface area contributed by atoms with Gasteiger partial charge in [-0.2, -0.15) is 0 Å². The lowest BCUT2D eigenvalue weighted by atomic mass is 9.84. The number of amides is 1. The van der Waals surface area contributed by atoms with Gasteiger partial charge in [0.25, 0.3) is 0 Å². The molecule has 0 spiro atoms. The number of halogens is 2. The van der Waals surface area contributed by atoms with Gasteiger partial charge in [0, 0.05) is 48.7 Å². The molecule has 114 valence electrons. The van der Waals surface area contributed by atoms with Crippen LogP contribution in [0, 0.1) is 5.92 Å². The number of carbonyl (C=O) groups is 1. The standard InChI is InChI=1S/C16H20Cl2N2O/c17-14-5-4-13(15(18)10-14)11-19-6-8-20(9-7-19)16(21)12-2-1-3-12/h4-5,10,12H,1-3,6-9,11H2. The van der Waals surface area contributed by atoms with Crippen molar-refractivity contribution in [2.24, 2.45) is 5.92 Å². The van der Waals surface area contributed by atoms with Gasteiger partial charge in [-0.25, -0.2) is 0 Å². The molecule has 3 rings (SSSR count). The second-order valence-corrected chi connectivity index (χ2v) is 6.81. The van der Waals surface area contributed by atoms with Gasteiger partial charge in [-0.05, 0) is 30.5 Å². The van der Waals surface area contributed by atoms with E-state index in [4.69, 9.17) is 23.2 Å². The van der Waals surface area contributed by atoms with Crippen molar-refractivity contribution in [3.8, 4) is 0 Å². The van der Waals surface area contributed by atoms with Gasteiger partial charge in [0.1, 0.15) is 0 Å². The maximum atomic E-state index is 12.2. The molecule has 1 aromatic rings. The van der Waals surface area contributed by atoms with Crippen LogP contribution in [0.5, 0.6) is 0 Å². The van der Waals surface area contributed by atoms with Crippen molar-refractivity contribution in [3.05, 3.63) is 33.8 Å². The highest BCUT2D eigenvalue weighted by Gasteiger charge is 2.31. The third-order valence-electron chi connectivity index (χ3n) is 4.55. The first-order valence-electron chi connectivity index (χ1n) is 7.58. The Labute approximate surface area is 135 Å². The monoisotopic (exact) mass is 326 g/mol. The zero-order chi connectivity index (χ0) is 14.8. The molecule has 1 aliphatic heterocycles. The van der Waals surface area contributed by atoms with E-state index in [1.807, 2.05) is 17.0 Å². The molecule has 21 heavy (non-hydrogen) atoms. The molecule has 1 saturated heterocycles. The van der Waals surface area contributed by atoms with Crippen LogP contribution in [0.15, 0.2) is 18.2 Å². The van der Waals surface area contributed by atoms with Crippen LogP contribution in [-0.4, -0.2) is 41.9 Å². The molecule has 1 heterocycles. The summed E-state index contributed by atoms with van der Waals surface area (Å²) in [6.45, 7) is 4.32. The predicted octanol–water partition coefficient (Wildman–Crippen LogP) is 3.44. The maximum Gasteiger partial charge on any atom is 0.225 e. The maximum absolute atomic E-state index is 12.2. The highest BCUT2D eigenvalue weighted by atomic mass is 35.5. The Morgan fingerprint density at radius 3 is 2.43 bits per heavy atom. The van der Waals surface area contributed by atoms with Crippen LogP contribution in [-0.2, 0) is 11.3 Å².